The van der Waals surface area contributed by atoms with Crippen LogP contribution in [0.15, 0.2) is 60.0 Å². The Morgan fingerprint density at radius 1 is 1.15 bits per heavy atom. The van der Waals surface area contributed by atoms with E-state index in [1.165, 1.54) is 34.3 Å². The molecule has 3 heterocycles. The molecule has 0 aliphatic rings. The zero-order valence-corrected chi connectivity index (χ0v) is 16.5. The molecule has 1 atom stereocenters. The van der Waals surface area contributed by atoms with Crippen LogP contribution < -0.4 is 5.73 Å². The Bertz CT molecular complexity index is 1090. The van der Waals surface area contributed by atoms with Gasteiger partial charge in [0, 0.05) is 30.3 Å². The number of thioether (sulfide) groups is 1. The van der Waals surface area contributed by atoms with Crippen LogP contribution in [0.5, 0.6) is 0 Å². The fraction of sp³-hybridized carbons (Fsp3) is 0.150. The molecule has 5 nitrogen and oxygen atoms in total. The van der Waals surface area contributed by atoms with E-state index in [-0.39, 0.29) is 5.25 Å². The summed E-state index contributed by atoms with van der Waals surface area (Å²) in [6.45, 7) is 2.07. The van der Waals surface area contributed by atoms with Crippen LogP contribution in [-0.4, -0.2) is 19.5 Å². The first-order valence-corrected chi connectivity index (χ1v) is 9.74. The average Bonchev–Trinajstić information content (AvgIpc) is 2.98. The summed E-state index contributed by atoms with van der Waals surface area (Å²) in [5.41, 5.74) is 10.2. The normalized spacial score (nSPS) is 12.4. The molecule has 4 rings (SSSR count). The second kappa shape index (κ2) is 7.21. The first kappa shape index (κ1) is 17.8. The zero-order chi connectivity index (χ0) is 19.0. The minimum Gasteiger partial charge on any atom is -0.384 e. The quantitative estimate of drug-likeness (QED) is 0.295. The largest absolute Gasteiger partial charge is 0.384 e. The van der Waals surface area contributed by atoms with Crippen molar-refractivity contribution >= 4 is 40.1 Å². The predicted octanol–water partition coefficient (Wildman–Crippen LogP) is 5.12. The summed E-state index contributed by atoms with van der Waals surface area (Å²) in [5.74, 6) is 0.363. The summed E-state index contributed by atoms with van der Waals surface area (Å²) in [7, 11) is 2.04. The first-order valence-electron chi connectivity index (χ1n) is 8.48. The third-order valence-corrected chi connectivity index (χ3v) is 5.56. The SMILES string of the molecule is CC(Sc1nc(N)cc(Cl)n1)c1cc2c(-c3ccccc3)cn(C)c2cn1. The Kier molecular flexibility index (Phi) is 4.76. The topological polar surface area (TPSA) is 69.6 Å². The molecule has 1 unspecified atom stereocenters. The Morgan fingerprint density at radius 3 is 2.67 bits per heavy atom. The van der Waals surface area contributed by atoms with Crippen LogP contribution in [0.2, 0.25) is 5.15 Å². The van der Waals surface area contributed by atoms with E-state index in [1.54, 1.807) is 0 Å². The number of nitrogens with two attached hydrogens (primary N) is 1. The van der Waals surface area contributed by atoms with Crippen LogP contribution in [-0.2, 0) is 7.05 Å². The number of nitrogen functional groups attached to an aromatic ring is 1. The minimum absolute atomic E-state index is 0.0519. The summed E-state index contributed by atoms with van der Waals surface area (Å²) < 4.78 is 2.10. The van der Waals surface area contributed by atoms with Crippen molar-refractivity contribution < 1.29 is 0 Å². The number of hydrogen-bond donors (Lipinski definition) is 1. The Balaban J connectivity index is 1.72. The molecule has 0 saturated carbocycles. The number of rotatable bonds is 4. The number of nitrogens with zero attached hydrogens (tertiary/aromatic N) is 4. The molecule has 136 valence electrons. The van der Waals surface area contributed by atoms with Crippen LogP contribution in [0.25, 0.3) is 22.0 Å². The van der Waals surface area contributed by atoms with Gasteiger partial charge in [0.25, 0.3) is 0 Å². The monoisotopic (exact) mass is 395 g/mol. The molecule has 1 aromatic carbocycles. The lowest BCUT2D eigenvalue weighted by molar-refractivity contribution is 0.939. The number of aryl methyl sites for hydroxylation is 1. The van der Waals surface area contributed by atoms with Gasteiger partial charge < -0.3 is 10.3 Å². The number of fused-ring (bicyclic) bond motifs is 1. The van der Waals surface area contributed by atoms with E-state index >= 15 is 0 Å². The molecule has 0 spiro atoms. The summed E-state index contributed by atoms with van der Waals surface area (Å²) in [4.78, 5) is 13.1. The Hall–Kier alpha value is -2.57. The first-order chi connectivity index (χ1) is 13.0. The molecular formula is C20H18ClN5S. The number of halogens is 1. The molecule has 0 amide bonds. The highest BCUT2D eigenvalue weighted by Crippen LogP contribution is 2.36. The van der Waals surface area contributed by atoms with Crippen molar-refractivity contribution in [2.75, 3.05) is 5.73 Å². The standard InChI is InChI=1S/C20H18ClN5S/c1-12(27-20-24-18(21)9-19(22)25-20)16-8-14-15(13-6-4-3-5-7-13)11-26(2)17(14)10-23-16/h3-12H,1-2H3,(H2,22,24,25). The van der Waals surface area contributed by atoms with Gasteiger partial charge >= 0.3 is 0 Å². The van der Waals surface area contributed by atoms with E-state index < -0.39 is 0 Å². The van der Waals surface area contributed by atoms with Crippen molar-refractivity contribution in [3.8, 4) is 11.1 Å². The molecule has 7 heteroatoms. The Morgan fingerprint density at radius 2 is 1.93 bits per heavy atom. The number of benzene rings is 1. The second-order valence-corrected chi connectivity index (χ2v) is 8.00. The summed E-state index contributed by atoms with van der Waals surface area (Å²) >= 11 is 7.47. The number of anilines is 1. The highest BCUT2D eigenvalue weighted by Gasteiger charge is 2.16. The van der Waals surface area contributed by atoms with Gasteiger partial charge in [-0.1, -0.05) is 53.7 Å². The van der Waals surface area contributed by atoms with Crippen molar-refractivity contribution in [3.05, 3.63) is 65.7 Å². The summed E-state index contributed by atoms with van der Waals surface area (Å²) in [6, 6.07) is 14.0. The molecule has 0 aliphatic carbocycles. The van der Waals surface area contributed by atoms with Gasteiger partial charge in [0.15, 0.2) is 5.16 Å². The number of aromatic nitrogens is 4. The van der Waals surface area contributed by atoms with Crippen LogP contribution in [0.3, 0.4) is 0 Å². The lowest BCUT2D eigenvalue weighted by Gasteiger charge is -2.11. The van der Waals surface area contributed by atoms with Crippen LogP contribution >= 0.6 is 23.4 Å². The average molecular weight is 396 g/mol. The van der Waals surface area contributed by atoms with Crippen molar-refractivity contribution in [2.24, 2.45) is 7.05 Å². The van der Waals surface area contributed by atoms with Crippen LogP contribution in [0.1, 0.15) is 17.9 Å². The number of pyridine rings is 1. The molecule has 4 aromatic rings. The second-order valence-electron chi connectivity index (χ2n) is 6.30. The van der Waals surface area contributed by atoms with E-state index in [0.29, 0.717) is 16.1 Å². The van der Waals surface area contributed by atoms with Gasteiger partial charge in [-0.15, -0.1) is 0 Å². The molecule has 0 aliphatic heterocycles. The Labute approximate surface area is 166 Å². The fourth-order valence-corrected chi connectivity index (χ4v) is 4.17. The van der Waals surface area contributed by atoms with Crippen LogP contribution in [0.4, 0.5) is 5.82 Å². The van der Waals surface area contributed by atoms with Crippen molar-refractivity contribution in [3.63, 3.8) is 0 Å². The van der Waals surface area contributed by atoms with Crippen molar-refractivity contribution in [2.45, 2.75) is 17.3 Å². The molecule has 0 saturated heterocycles. The maximum atomic E-state index is 5.99. The maximum Gasteiger partial charge on any atom is 0.191 e. The van der Waals surface area contributed by atoms with E-state index in [1.807, 2.05) is 19.3 Å². The van der Waals surface area contributed by atoms with Gasteiger partial charge in [0.2, 0.25) is 0 Å². The third-order valence-electron chi connectivity index (χ3n) is 4.37. The molecule has 0 radical (unpaired) electrons. The highest BCUT2D eigenvalue weighted by molar-refractivity contribution is 7.99. The lowest BCUT2D eigenvalue weighted by Crippen LogP contribution is -1.98. The van der Waals surface area contributed by atoms with Gasteiger partial charge in [-0.25, -0.2) is 9.97 Å². The van der Waals surface area contributed by atoms with Crippen molar-refractivity contribution in [1.82, 2.24) is 19.5 Å². The highest BCUT2D eigenvalue weighted by atomic mass is 35.5. The predicted molar refractivity (Wildman–Crippen MR) is 112 cm³/mol. The molecule has 0 bridgehead atoms. The third kappa shape index (κ3) is 3.63. The fourth-order valence-electron chi connectivity index (χ4n) is 3.05. The minimum atomic E-state index is 0.0519. The summed E-state index contributed by atoms with van der Waals surface area (Å²) in [6.07, 6.45) is 4.06. The van der Waals surface area contributed by atoms with E-state index in [0.717, 1.165) is 11.2 Å². The van der Waals surface area contributed by atoms with Gasteiger partial charge in [-0.05, 0) is 18.6 Å². The smallest absolute Gasteiger partial charge is 0.191 e. The summed E-state index contributed by atoms with van der Waals surface area (Å²) in [5, 5.41) is 2.12. The molecule has 2 N–H and O–H groups in total. The van der Waals surface area contributed by atoms with E-state index in [9.17, 15) is 0 Å². The molecule has 0 fully saturated rings. The zero-order valence-electron chi connectivity index (χ0n) is 14.9. The molecular weight excluding hydrogens is 378 g/mol. The molecule has 3 aromatic heterocycles. The van der Waals surface area contributed by atoms with Crippen LogP contribution in [0, 0.1) is 0 Å². The maximum absolute atomic E-state index is 5.99. The van der Waals surface area contributed by atoms with Gasteiger partial charge in [0.1, 0.15) is 11.0 Å². The van der Waals surface area contributed by atoms with Gasteiger partial charge in [0.05, 0.1) is 22.7 Å². The van der Waals surface area contributed by atoms with Gasteiger partial charge in [-0.3, -0.25) is 4.98 Å². The van der Waals surface area contributed by atoms with E-state index in [2.05, 4.69) is 63.0 Å². The van der Waals surface area contributed by atoms with Gasteiger partial charge in [-0.2, -0.15) is 0 Å². The molecule has 27 heavy (non-hydrogen) atoms. The van der Waals surface area contributed by atoms with E-state index in [4.69, 9.17) is 17.3 Å². The lowest BCUT2D eigenvalue weighted by atomic mass is 10.0. The van der Waals surface area contributed by atoms with Crippen molar-refractivity contribution in [1.29, 1.82) is 0 Å². The number of hydrogen-bond acceptors (Lipinski definition) is 5.